The van der Waals surface area contributed by atoms with Crippen LogP contribution in [0.4, 0.5) is 10.5 Å². The summed E-state index contributed by atoms with van der Waals surface area (Å²) in [5.41, 5.74) is 1.19. The Labute approximate surface area is 120 Å². The molecule has 1 aromatic carbocycles. The van der Waals surface area contributed by atoms with E-state index in [1.165, 1.54) is 7.11 Å². The monoisotopic (exact) mass is 296 g/mol. The number of aryl methyl sites for hydroxylation is 1. The molecule has 1 aromatic rings. The fraction of sp³-hybridized carbons (Fsp3) is 0.308. The van der Waals surface area contributed by atoms with Crippen LogP contribution in [-0.4, -0.2) is 53.3 Å². The first-order chi connectivity index (χ1) is 9.83. The Bertz CT molecular complexity index is 542. The highest BCUT2D eigenvalue weighted by Gasteiger charge is 2.20. The SMILES string of the molecule is COc1ccc(C)cc1NC(=O)N(CC(=O)O)CC(=O)O. The number of ether oxygens (including phenoxy) is 1. The number of anilines is 1. The summed E-state index contributed by atoms with van der Waals surface area (Å²) in [5.74, 6) is -2.22. The maximum Gasteiger partial charge on any atom is 0.323 e. The lowest BCUT2D eigenvalue weighted by Gasteiger charge is -2.20. The van der Waals surface area contributed by atoms with E-state index in [1.54, 1.807) is 25.1 Å². The summed E-state index contributed by atoms with van der Waals surface area (Å²) in [4.78, 5) is 34.0. The van der Waals surface area contributed by atoms with Gasteiger partial charge in [0.05, 0.1) is 12.8 Å². The van der Waals surface area contributed by atoms with Crippen LogP contribution < -0.4 is 10.1 Å². The van der Waals surface area contributed by atoms with Gasteiger partial charge in [-0.2, -0.15) is 0 Å². The summed E-state index contributed by atoms with van der Waals surface area (Å²) < 4.78 is 5.08. The lowest BCUT2D eigenvalue weighted by molar-refractivity contribution is -0.140. The molecule has 0 spiro atoms. The summed E-state index contributed by atoms with van der Waals surface area (Å²) >= 11 is 0. The molecule has 0 aliphatic rings. The number of amides is 2. The number of hydrogen-bond acceptors (Lipinski definition) is 4. The van der Waals surface area contributed by atoms with Crippen molar-refractivity contribution in [2.45, 2.75) is 6.92 Å². The largest absolute Gasteiger partial charge is 0.495 e. The van der Waals surface area contributed by atoms with Crippen LogP contribution in [0.15, 0.2) is 18.2 Å². The van der Waals surface area contributed by atoms with Crippen molar-refractivity contribution in [2.75, 3.05) is 25.5 Å². The first kappa shape index (κ1) is 16.3. The highest BCUT2D eigenvalue weighted by Crippen LogP contribution is 2.25. The average molecular weight is 296 g/mol. The predicted molar refractivity (Wildman–Crippen MR) is 73.6 cm³/mol. The zero-order valence-electron chi connectivity index (χ0n) is 11.6. The van der Waals surface area contributed by atoms with Gasteiger partial charge in [-0.25, -0.2) is 4.79 Å². The molecule has 0 unspecified atom stereocenters. The number of nitrogens with one attached hydrogen (secondary N) is 1. The van der Waals surface area contributed by atoms with Gasteiger partial charge in [-0.15, -0.1) is 0 Å². The predicted octanol–water partition coefficient (Wildman–Crippen LogP) is 1.01. The second kappa shape index (κ2) is 7.13. The number of carbonyl (C=O) groups is 3. The molecule has 3 N–H and O–H groups in total. The number of urea groups is 1. The van der Waals surface area contributed by atoms with Gasteiger partial charge in [0.15, 0.2) is 0 Å². The number of carboxylic acid groups (broad SMARTS) is 2. The first-order valence-corrected chi connectivity index (χ1v) is 5.97. The van der Waals surface area contributed by atoms with Crippen LogP contribution in [0.5, 0.6) is 5.75 Å². The van der Waals surface area contributed by atoms with Crippen molar-refractivity contribution in [1.82, 2.24) is 4.90 Å². The molecule has 0 bridgehead atoms. The van der Waals surface area contributed by atoms with Crippen molar-refractivity contribution in [3.8, 4) is 5.75 Å². The number of hydrogen-bond donors (Lipinski definition) is 3. The van der Waals surface area contributed by atoms with Gasteiger partial charge < -0.3 is 25.2 Å². The highest BCUT2D eigenvalue weighted by molar-refractivity contribution is 5.94. The maximum atomic E-state index is 12.0. The van der Waals surface area contributed by atoms with Crippen molar-refractivity contribution in [3.05, 3.63) is 23.8 Å². The van der Waals surface area contributed by atoms with E-state index in [2.05, 4.69) is 5.32 Å². The summed E-state index contributed by atoms with van der Waals surface area (Å²) in [7, 11) is 1.42. The molecule has 2 amide bonds. The van der Waals surface area contributed by atoms with E-state index in [0.29, 0.717) is 16.3 Å². The molecule has 1 rings (SSSR count). The number of carboxylic acids is 2. The van der Waals surface area contributed by atoms with E-state index < -0.39 is 31.1 Å². The maximum absolute atomic E-state index is 12.0. The Morgan fingerprint density at radius 1 is 1.19 bits per heavy atom. The molecule has 8 nitrogen and oxygen atoms in total. The molecule has 0 atom stereocenters. The minimum absolute atomic E-state index is 0.336. The molecule has 0 radical (unpaired) electrons. The molecule has 0 aliphatic heterocycles. The van der Waals surface area contributed by atoms with Crippen molar-refractivity contribution < 1.29 is 29.3 Å². The number of benzene rings is 1. The third-order valence-electron chi connectivity index (χ3n) is 2.54. The van der Waals surface area contributed by atoms with Crippen molar-refractivity contribution in [2.24, 2.45) is 0 Å². The summed E-state index contributed by atoms with van der Waals surface area (Å²) in [6.45, 7) is 0.375. The van der Waals surface area contributed by atoms with Crippen LogP contribution in [0, 0.1) is 6.92 Å². The quantitative estimate of drug-likeness (QED) is 0.721. The Hall–Kier alpha value is -2.77. The van der Waals surface area contributed by atoms with Gasteiger partial charge in [0.1, 0.15) is 18.8 Å². The minimum atomic E-state index is -1.30. The fourth-order valence-corrected chi connectivity index (χ4v) is 1.64. The fourth-order valence-electron chi connectivity index (χ4n) is 1.64. The van der Waals surface area contributed by atoms with Gasteiger partial charge in [0.25, 0.3) is 0 Å². The molecule has 0 fully saturated rings. The van der Waals surface area contributed by atoms with E-state index in [0.717, 1.165) is 5.56 Å². The zero-order valence-corrected chi connectivity index (χ0v) is 11.6. The topological polar surface area (TPSA) is 116 Å². The van der Waals surface area contributed by atoms with Gasteiger partial charge in [0, 0.05) is 0 Å². The Kier molecular flexibility index (Phi) is 5.53. The van der Waals surface area contributed by atoms with Crippen LogP contribution >= 0.6 is 0 Å². The van der Waals surface area contributed by atoms with E-state index in [9.17, 15) is 14.4 Å². The Morgan fingerprint density at radius 2 is 1.76 bits per heavy atom. The van der Waals surface area contributed by atoms with Crippen LogP contribution in [-0.2, 0) is 9.59 Å². The number of nitrogens with zero attached hydrogens (tertiary/aromatic N) is 1. The van der Waals surface area contributed by atoms with E-state index in [-0.39, 0.29) is 0 Å². The minimum Gasteiger partial charge on any atom is -0.495 e. The van der Waals surface area contributed by atoms with Gasteiger partial charge >= 0.3 is 18.0 Å². The molecule has 0 aliphatic carbocycles. The molecular formula is C13H16N2O6. The third-order valence-corrected chi connectivity index (χ3v) is 2.54. The van der Waals surface area contributed by atoms with Gasteiger partial charge in [0.2, 0.25) is 0 Å². The Balaban J connectivity index is 2.92. The molecule has 21 heavy (non-hydrogen) atoms. The summed E-state index contributed by atoms with van der Waals surface area (Å²) in [6.07, 6.45) is 0. The first-order valence-electron chi connectivity index (χ1n) is 5.97. The number of rotatable bonds is 6. The molecule has 0 saturated heterocycles. The van der Waals surface area contributed by atoms with Crippen LogP contribution in [0.1, 0.15) is 5.56 Å². The second-order valence-corrected chi connectivity index (χ2v) is 4.28. The van der Waals surface area contributed by atoms with Crippen LogP contribution in [0.25, 0.3) is 0 Å². The van der Waals surface area contributed by atoms with Gasteiger partial charge in [-0.05, 0) is 24.6 Å². The zero-order chi connectivity index (χ0) is 16.0. The second-order valence-electron chi connectivity index (χ2n) is 4.28. The third kappa shape index (κ3) is 5.01. The summed E-state index contributed by atoms with van der Waals surface area (Å²) in [6, 6.07) is 4.23. The van der Waals surface area contributed by atoms with Gasteiger partial charge in [-0.1, -0.05) is 6.07 Å². The number of carbonyl (C=O) groups excluding carboxylic acids is 1. The highest BCUT2D eigenvalue weighted by atomic mass is 16.5. The van der Waals surface area contributed by atoms with Crippen molar-refractivity contribution >= 4 is 23.7 Å². The van der Waals surface area contributed by atoms with E-state index in [4.69, 9.17) is 14.9 Å². The Morgan fingerprint density at radius 3 is 2.24 bits per heavy atom. The van der Waals surface area contributed by atoms with E-state index >= 15 is 0 Å². The number of methoxy groups -OCH3 is 1. The lowest BCUT2D eigenvalue weighted by atomic mass is 10.2. The van der Waals surface area contributed by atoms with Crippen molar-refractivity contribution in [1.29, 1.82) is 0 Å². The standard InChI is InChI=1S/C13H16N2O6/c1-8-3-4-10(21-2)9(5-8)14-13(20)15(6-11(16)17)7-12(18)19/h3-5H,6-7H2,1-2H3,(H,14,20)(H,16,17)(H,18,19). The van der Waals surface area contributed by atoms with Crippen molar-refractivity contribution in [3.63, 3.8) is 0 Å². The molecule has 0 aromatic heterocycles. The normalized spacial score (nSPS) is 9.81. The van der Waals surface area contributed by atoms with Crippen LogP contribution in [0.2, 0.25) is 0 Å². The molecule has 114 valence electrons. The molecule has 0 heterocycles. The average Bonchev–Trinajstić information content (AvgIpc) is 2.37. The van der Waals surface area contributed by atoms with Crippen LogP contribution in [0.3, 0.4) is 0 Å². The smallest absolute Gasteiger partial charge is 0.323 e. The summed E-state index contributed by atoms with van der Waals surface area (Å²) in [5, 5.41) is 19.9. The van der Waals surface area contributed by atoms with Gasteiger partial charge in [-0.3, -0.25) is 9.59 Å². The number of aliphatic carboxylic acids is 2. The lowest BCUT2D eigenvalue weighted by Crippen LogP contribution is -2.42. The molecule has 8 heteroatoms. The molecule has 0 saturated carbocycles. The van der Waals surface area contributed by atoms with E-state index in [1.807, 2.05) is 0 Å². The molecular weight excluding hydrogens is 280 g/mol.